The van der Waals surface area contributed by atoms with Crippen LogP contribution in [0.25, 0.3) is 0 Å². The van der Waals surface area contributed by atoms with E-state index < -0.39 is 0 Å². The second-order valence-corrected chi connectivity index (χ2v) is 4.76. The van der Waals surface area contributed by atoms with Gasteiger partial charge in [-0.2, -0.15) is 0 Å². The fourth-order valence-electron chi connectivity index (χ4n) is 2.01. The van der Waals surface area contributed by atoms with E-state index in [9.17, 15) is 4.79 Å². The van der Waals surface area contributed by atoms with Gasteiger partial charge in [0, 0.05) is 19.0 Å². The van der Waals surface area contributed by atoms with Gasteiger partial charge in [0.2, 0.25) is 0 Å². The standard InChI is InChI=1S/C17H19NO/c1-14(13-19)17-9-5-8-16(10-17)12-18-11-15-6-3-2-4-7-15/h2-10,13-14,18H,11-12H2,1H3. The minimum absolute atomic E-state index is 0.0333. The minimum Gasteiger partial charge on any atom is -0.309 e. The van der Waals surface area contributed by atoms with Crippen LogP contribution in [-0.2, 0) is 17.9 Å². The molecule has 0 aliphatic carbocycles. The van der Waals surface area contributed by atoms with Crippen molar-refractivity contribution in [2.45, 2.75) is 25.9 Å². The van der Waals surface area contributed by atoms with Crippen molar-refractivity contribution in [3.8, 4) is 0 Å². The Bertz CT molecular complexity index is 522. The van der Waals surface area contributed by atoms with E-state index in [2.05, 4.69) is 29.6 Å². The van der Waals surface area contributed by atoms with E-state index in [1.54, 1.807) is 0 Å². The van der Waals surface area contributed by atoms with Crippen molar-refractivity contribution in [2.24, 2.45) is 0 Å². The summed E-state index contributed by atoms with van der Waals surface area (Å²) in [5, 5.41) is 3.41. The second-order valence-electron chi connectivity index (χ2n) is 4.76. The van der Waals surface area contributed by atoms with Gasteiger partial charge in [0.15, 0.2) is 0 Å². The smallest absolute Gasteiger partial charge is 0.127 e. The zero-order chi connectivity index (χ0) is 13.5. The fourth-order valence-corrected chi connectivity index (χ4v) is 2.01. The highest BCUT2D eigenvalue weighted by molar-refractivity contribution is 5.61. The van der Waals surface area contributed by atoms with Crippen LogP contribution < -0.4 is 5.32 Å². The maximum absolute atomic E-state index is 10.8. The molecule has 0 spiro atoms. The van der Waals surface area contributed by atoms with Crippen LogP contribution in [0.15, 0.2) is 54.6 Å². The molecule has 0 radical (unpaired) electrons. The Morgan fingerprint density at radius 1 is 1.00 bits per heavy atom. The molecule has 2 heteroatoms. The summed E-state index contributed by atoms with van der Waals surface area (Å²) < 4.78 is 0. The van der Waals surface area contributed by atoms with Gasteiger partial charge in [-0.3, -0.25) is 0 Å². The molecule has 0 aliphatic heterocycles. The molecule has 98 valence electrons. The summed E-state index contributed by atoms with van der Waals surface area (Å²) in [7, 11) is 0. The van der Waals surface area contributed by atoms with Gasteiger partial charge >= 0.3 is 0 Å². The van der Waals surface area contributed by atoms with E-state index >= 15 is 0 Å². The number of rotatable bonds is 6. The molecule has 1 unspecified atom stereocenters. The molecule has 19 heavy (non-hydrogen) atoms. The zero-order valence-corrected chi connectivity index (χ0v) is 11.2. The first-order valence-corrected chi connectivity index (χ1v) is 6.58. The summed E-state index contributed by atoms with van der Waals surface area (Å²) in [4.78, 5) is 10.8. The van der Waals surface area contributed by atoms with Crippen molar-refractivity contribution in [1.82, 2.24) is 5.32 Å². The van der Waals surface area contributed by atoms with E-state index in [4.69, 9.17) is 0 Å². The Morgan fingerprint density at radius 2 is 1.68 bits per heavy atom. The van der Waals surface area contributed by atoms with Gasteiger partial charge in [-0.15, -0.1) is 0 Å². The number of aldehydes is 1. The van der Waals surface area contributed by atoms with Crippen LogP contribution in [0.1, 0.15) is 29.5 Å². The molecule has 0 heterocycles. The average Bonchev–Trinajstić information content (AvgIpc) is 2.48. The first-order chi connectivity index (χ1) is 9.29. The largest absolute Gasteiger partial charge is 0.309 e. The number of hydrogen-bond acceptors (Lipinski definition) is 2. The van der Waals surface area contributed by atoms with E-state index in [-0.39, 0.29) is 5.92 Å². The summed E-state index contributed by atoms with van der Waals surface area (Å²) in [5.41, 5.74) is 3.57. The molecule has 0 aromatic heterocycles. The predicted molar refractivity (Wildman–Crippen MR) is 77.9 cm³/mol. The third-order valence-corrected chi connectivity index (χ3v) is 3.18. The molecule has 2 aromatic rings. The first-order valence-electron chi connectivity index (χ1n) is 6.58. The predicted octanol–water partition coefficient (Wildman–Crippen LogP) is 3.28. The van der Waals surface area contributed by atoms with Crippen LogP contribution in [0.4, 0.5) is 0 Å². The molecule has 0 saturated heterocycles. The lowest BCUT2D eigenvalue weighted by Crippen LogP contribution is -2.12. The molecule has 0 bridgehead atoms. The molecule has 2 aromatic carbocycles. The Labute approximate surface area is 114 Å². The van der Waals surface area contributed by atoms with Gasteiger partial charge < -0.3 is 10.1 Å². The molecule has 2 rings (SSSR count). The summed E-state index contributed by atoms with van der Waals surface area (Å²) in [6.07, 6.45) is 0.983. The maximum Gasteiger partial charge on any atom is 0.127 e. The highest BCUT2D eigenvalue weighted by Gasteiger charge is 2.03. The molecular weight excluding hydrogens is 234 g/mol. The van der Waals surface area contributed by atoms with E-state index in [1.165, 1.54) is 11.1 Å². The van der Waals surface area contributed by atoms with Gasteiger partial charge in [-0.05, 0) is 16.7 Å². The van der Waals surface area contributed by atoms with Gasteiger partial charge in [0.1, 0.15) is 6.29 Å². The van der Waals surface area contributed by atoms with E-state index in [0.29, 0.717) is 0 Å². The average molecular weight is 253 g/mol. The van der Waals surface area contributed by atoms with Gasteiger partial charge in [0.25, 0.3) is 0 Å². The molecule has 0 saturated carbocycles. The van der Waals surface area contributed by atoms with Crippen LogP contribution in [0.3, 0.4) is 0 Å². The van der Waals surface area contributed by atoms with Gasteiger partial charge in [-0.1, -0.05) is 61.5 Å². The number of carbonyl (C=O) groups excluding carboxylic acids is 1. The number of nitrogens with one attached hydrogen (secondary N) is 1. The molecule has 1 N–H and O–H groups in total. The lowest BCUT2D eigenvalue weighted by atomic mass is 10.0. The Morgan fingerprint density at radius 3 is 2.42 bits per heavy atom. The molecular formula is C17H19NO. The molecule has 0 aliphatic rings. The zero-order valence-electron chi connectivity index (χ0n) is 11.2. The van der Waals surface area contributed by atoms with Crippen molar-refractivity contribution in [1.29, 1.82) is 0 Å². The summed E-state index contributed by atoms with van der Waals surface area (Å²) >= 11 is 0. The third kappa shape index (κ3) is 4.04. The topological polar surface area (TPSA) is 29.1 Å². The Kier molecular flexibility index (Phi) is 4.87. The number of hydrogen-bond donors (Lipinski definition) is 1. The lowest BCUT2D eigenvalue weighted by molar-refractivity contribution is -0.108. The molecule has 0 fully saturated rings. The second kappa shape index (κ2) is 6.86. The summed E-state index contributed by atoms with van der Waals surface area (Å²) in [5.74, 6) is -0.0333. The SMILES string of the molecule is CC(C=O)c1cccc(CNCc2ccccc2)c1. The van der Waals surface area contributed by atoms with Crippen LogP contribution in [-0.4, -0.2) is 6.29 Å². The van der Waals surface area contributed by atoms with Crippen molar-refractivity contribution in [2.75, 3.05) is 0 Å². The monoisotopic (exact) mass is 253 g/mol. The van der Waals surface area contributed by atoms with Crippen LogP contribution >= 0.6 is 0 Å². The highest BCUT2D eigenvalue weighted by atomic mass is 16.1. The normalized spacial score (nSPS) is 12.1. The molecule has 0 amide bonds. The highest BCUT2D eigenvalue weighted by Crippen LogP contribution is 2.14. The van der Waals surface area contributed by atoms with E-state index in [0.717, 1.165) is 24.9 Å². The maximum atomic E-state index is 10.8. The quantitative estimate of drug-likeness (QED) is 0.800. The number of benzene rings is 2. The van der Waals surface area contributed by atoms with Gasteiger partial charge in [0.05, 0.1) is 0 Å². The summed E-state index contributed by atoms with van der Waals surface area (Å²) in [6, 6.07) is 18.5. The van der Waals surface area contributed by atoms with E-state index in [1.807, 2.05) is 37.3 Å². The minimum atomic E-state index is -0.0333. The third-order valence-electron chi connectivity index (χ3n) is 3.18. The fraction of sp³-hybridized carbons (Fsp3) is 0.235. The molecule has 2 nitrogen and oxygen atoms in total. The van der Waals surface area contributed by atoms with Gasteiger partial charge in [-0.25, -0.2) is 0 Å². The van der Waals surface area contributed by atoms with Crippen LogP contribution in [0, 0.1) is 0 Å². The Balaban J connectivity index is 1.91. The van der Waals surface area contributed by atoms with Crippen molar-refractivity contribution in [3.63, 3.8) is 0 Å². The molecule has 1 atom stereocenters. The van der Waals surface area contributed by atoms with Crippen molar-refractivity contribution in [3.05, 3.63) is 71.3 Å². The van der Waals surface area contributed by atoms with Crippen molar-refractivity contribution < 1.29 is 4.79 Å². The van der Waals surface area contributed by atoms with Crippen molar-refractivity contribution >= 4 is 6.29 Å². The lowest BCUT2D eigenvalue weighted by Gasteiger charge is -2.08. The first kappa shape index (κ1) is 13.5. The Hall–Kier alpha value is -1.93. The number of carbonyl (C=O) groups is 1. The van der Waals surface area contributed by atoms with Crippen LogP contribution in [0.2, 0.25) is 0 Å². The summed E-state index contributed by atoms with van der Waals surface area (Å²) in [6.45, 7) is 3.59. The van der Waals surface area contributed by atoms with Crippen LogP contribution in [0.5, 0.6) is 0 Å².